The molecule has 172 valence electrons. The molecule has 0 fully saturated rings. The third kappa shape index (κ3) is 3.75. The van der Waals surface area contributed by atoms with Gasteiger partial charge in [-0.15, -0.1) is 0 Å². The first-order valence-electron chi connectivity index (χ1n) is 11.3. The van der Waals surface area contributed by atoms with Crippen molar-refractivity contribution in [1.29, 1.82) is 0 Å². The summed E-state index contributed by atoms with van der Waals surface area (Å²) in [5.41, 5.74) is 4.10. The van der Waals surface area contributed by atoms with E-state index in [4.69, 9.17) is 4.74 Å². The van der Waals surface area contributed by atoms with E-state index in [9.17, 15) is 15.0 Å². The Morgan fingerprint density at radius 3 is 2.53 bits per heavy atom. The van der Waals surface area contributed by atoms with Gasteiger partial charge in [0.15, 0.2) is 11.5 Å². The minimum absolute atomic E-state index is 0.0408. The highest BCUT2D eigenvalue weighted by molar-refractivity contribution is 6.00. The van der Waals surface area contributed by atoms with Gasteiger partial charge in [-0.25, -0.2) is 0 Å². The first-order valence-corrected chi connectivity index (χ1v) is 11.3. The van der Waals surface area contributed by atoms with Gasteiger partial charge in [0.25, 0.3) is 5.91 Å². The molecule has 0 bridgehead atoms. The Labute approximate surface area is 197 Å². The van der Waals surface area contributed by atoms with E-state index in [2.05, 4.69) is 10.2 Å². The Hall–Kier alpha value is -4.26. The second kappa shape index (κ2) is 8.94. The predicted molar refractivity (Wildman–Crippen MR) is 128 cm³/mol. The lowest BCUT2D eigenvalue weighted by Crippen LogP contribution is -2.31. The summed E-state index contributed by atoms with van der Waals surface area (Å²) in [6.45, 7) is 2.74. The van der Waals surface area contributed by atoms with Gasteiger partial charge in [0.1, 0.15) is 17.1 Å². The Morgan fingerprint density at radius 1 is 1.00 bits per heavy atom. The van der Waals surface area contributed by atoms with Gasteiger partial charge in [-0.3, -0.25) is 9.89 Å². The maximum absolute atomic E-state index is 13.5. The van der Waals surface area contributed by atoms with Crippen LogP contribution in [0.3, 0.4) is 0 Å². The van der Waals surface area contributed by atoms with Crippen LogP contribution in [-0.2, 0) is 6.42 Å². The summed E-state index contributed by atoms with van der Waals surface area (Å²) in [7, 11) is 0. The highest BCUT2D eigenvalue weighted by Crippen LogP contribution is 2.45. The largest absolute Gasteiger partial charge is 0.507 e. The molecule has 34 heavy (non-hydrogen) atoms. The number of nitrogens with zero attached hydrogens (tertiary/aromatic N) is 2. The molecule has 0 aliphatic carbocycles. The number of fused-ring (bicyclic) bond motifs is 1. The molecule has 1 aliphatic heterocycles. The average Bonchev–Trinajstić information content (AvgIpc) is 3.39. The summed E-state index contributed by atoms with van der Waals surface area (Å²) in [6, 6.07) is 21.6. The van der Waals surface area contributed by atoms with Crippen molar-refractivity contribution in [2.75, 3.05) is 13.2 Å². The van der Waals surface area contributed by atoms with Gasteiger partial charge >= 0.3 is 0 Å². The number of aromatic amines is 1. The number of aromatic nitrogens is 2. The third-order valence-corrected chi connectivity index (χ3v) is 6.11. The van der Waals surface area contributed by atoms with Crippen molar-refractivity contribution in [2.24, 2.45) is 0 Å². The molecule has 1 amide bonds. The normalized spacial score (nSPS) is 14.9. The fourth-order valence-electron chi connectivity index (χ4n) is 4.52. The summed E-state index contributed by atoms with van der Waals surface area (Å²) < 4.78 is 5.61. The highest BCUT2D eigenvalue weighted by atomic mass is 16.5. The monoisotopic (exact) mass is 455 g/mol. The topological polar surface area (TPSA) is 98.7 Å². The molecule has 0 saturated carbocycles. The molecular weight excluding hydrogens is 430 g/mol. The van der Waals surface area contributed by atoms with E-state index >= 15 is 0 Å². The summed E-state index contributed by atoms with van der Waals surface area (Å²) in [6.07, 6.45) is 0.684. The number of hydrogen-bond acceptors (Lipinski definition) is 5. The van der Waals surface area contributed by atoms with E-state index in [1.165, 1.54) is 0 Å². The smallest absolute Gasteiger partial charge is 0.273 e. The number of rotatable bonds is 7. The van der Waals surface area contributed by atoms with Crippen LogP contribution < -0.4 is 4.74 Å². The van der Waals surface area contributed by atoms with Crippen LogP contribution in [0.4, 0.5) is 0 Å². The standard InChI is InChI=1S/C27H25N3O4/c1-2-34-22-16-18(12-13-21(22)32)26-23-24(19-10-6-7-11-20(19)31)28-29-25(23)27(33)30(26)15-14-17-8-4-3-5-9-17/h3-13,16,26,31-32H,2,14-15H2,1H3,(H,28,29)/t26-/m0/s1. The van der Waals surface area contributed by atoms with Crippen LogP contribution in [0.25, 0.3) is 11.3 Å². The number of H-pyrrole nitrogens is 1. The molecule has 5 rings (SSSR count). The van der Waals surface area contributed by atoms with Crippen LogP contribution in [-0.4, -0.2) is 44.4 Å². The predicted octanol–water partition coefficient (Wildman–Crippen LogP) is 4.67. The molecule has 1 aromatic heterocycles. The molecular formula is C27H25N3O4. The molecule has 0 saturated heterocycles. The number of ether oxygens (including phenoxy) is 1. The maximum atomic E-state index is 13.5. The van der Waals surface area contributed by atoms with Crippen molar-refractivity contribution in [1.82, 2.24) is 15.1 Å². The molecule has 7 heteroatoms. The summed E-state index contributed by atoms with van der Waals surface area (Å²) in [4.78, 5) is 15.3. The number of hydrogen-bond donors (Lipinski definition) is 3. The Kier molecular flexibility index (Phi) is 5.67. The van der Waals surface area contributed by atoms with Crippen molar-refractivity contribution in [3.05, 3.63) is 95.2 Å². The van der Waals surface area contributed by atoms with Crippen molar-refractivity contribution in [3.8, 4) is 28.5 Å². The van der Waals surface area contributed by atoms with Gasteiger partial charge in [0, 0.05) is 17.7 Å². The first-order chi connectivity index (χ1) is 16.6. The minimum Gasteiger partial charge on any atom is -0.507 e. The molecule has 1 aliphatic rings. The number of phenols is 2. The lowest BCUT2D eigenvalue weighted by atomic mass is 9.95. The number of amides is 1. The number of carbonyl (C=O) groups is 1. The molecule has 0 unspecified atom stereocenters. The fourth-order valence-corrected chi connectivity index (χ4v) is 4.52. The lowest BCUT2D eigenvalue weighted by Gasteiger charge is -2.27. The van der Waals surface area contributed by atoms with Gasteiger partial charge in [0.2, 0.25) is 0 Å². The molecule has 0 radical (unpaired) electrons. The Bertz CT molecular complexity index is 1330. The van der Waals surface area contributed by atoms with Crippen molar-refractivity contribution in [3.63, 3.8) is 0 Å². The molecule has 0 spiro atoms. The van der Waals surface area contributed by atoms with E-state index in [0.29, 0.717) is 47.8 Å². The van der Waals surface area contributed by atoms with Crippen LogP contribution in [0.15, 0.2) is 72.8 Å². The summed E-state index contributed by atoms with van der Waals surface area (Å²) in [5, 5.41) is 28.1. The molecule has 4 aromatic rings. The van der Waals surface area contributed by atoms with E-state index in [1.807, 2.05) is 43.3 Å². The van der Waals surface area contributed by atoms with Crippen LogP contribution in [0.1, 0.15) is 40.1 Å². The van der Waals surface area contributed by atoms with E-state index in [1.54, 1.807) is 41.3 Å². The Balaban J connectivity index is 1.62. The zero-order valence-corrected chi connectivity index (χ0v) is 18.7. The third-order valence-electron chi connectivity index (χ3n) is 6.11. The van der Waals surface area contributed by atoms with Crippen molar-refractivity contribution < 1.29 is 19.7 Å². The van der Waals surface area contributed by atoms with Gasteiger partial charge in [-0.05, 0) is 48.7 Å². The van der Waals surface area contributed by atoms with E-state index in [-0.39, 0.29) is 17.4 Å². The number of carbonyl (C=O) groups excluding carboxylic acids is 1. The maximum Gasteiger partial charge on any atom is 0.273 e. The van der Waals surface area contributed by atoms with Crippen LogP contribution in [0.5, 0.6) is 17.2 Å². The second-order valence-corrected chi connectivity index (χ2v) is 8.17. The van der Waals surface area contributed by atoms with Crippen molar-refractivity contribution >= 4 is 5.91 Å². The zero-order valence-electron chi connectivity index (χ0n) is 18.7. The molecule has 2 heterocycles. The molecule has 3 N–H and O–H groups in total. The zero-order chi connectivity index (χ0) is 23.7. The van der Waals surface area contributed by atoms with Crippen LogP contribution in [0.2, 0.25) is 0 Å². The molecule has 7 nitrogen and oxygen atoms in total. The number of benzene rings is 3. The van der Waals surface area contributed by atoms with Crippen molar-refractivity contribution in [2.45, 2.75) is 19.4 Å². The van der Waals surface area contributed by atoms with Crippen LogP contribution >= 0.6 is 0 Å². The van der Waals surface area contributed by atoms with Gasteiger partial charge in [-0.2, -0.15) is 5.10 Å². The van der Waals surface area contributed by atoms with E-state index < -0.39 is 6.04 Å². The number of para-hydroxylation sites is 1. The number of aromatic hydroxyl groups is 2. The van der Waals surface area contributed by atoms with E-state index in [0.717, 1.165) is 11.1 Å². The quantitative estimate of drug-likeness (QED) is 0.376. The first kappa shape index (κ1) is 21.6. The molecule has 1 atom stereocenters. The molecule has 3 aromatic carbocycles. The van der Waals surface area contributed by atoms with Gasteiger partial charge in [0.05, 0.1) is 12.6 Å². The van der Waals surface area contributed by atoms with Gasteiger partial charge in [-0.1, -0.05) is 48.5 Å². The second-order valence-electron chi connectivity index (χ2n) is 8.17. The number of nitrogens with one attached hydrogen (secondary N) is 1. The Morgan fingerprint density at radius 2 is 1.76 bits per heavy atom. The SMILES string of the molecule is CCOc1cc([C@H]2c3c(-c4ccccc4O)n[nH]c3C(=O)N2CCc2ccccc2)ccc1O. The summed E-state index contributed by atoms with van der Waals surface area (Å²) >= 11 is 0. The fraction of sp³-hybridized carbons (Fsp3) is 0.185. The minimum atomic E-state index is -0.459. The van der Waals surface area contributed by atoms with Gasteiger partial charge < -0.3 is 19.8 Å². The summed E-state index contributed by atoms with van der Waals surface area (Å²) in [5.74, 6) is 0.332. The highest BCUT2D eigenvalue weighted by Gasteiger charge is 2.42. The van der Waals surface area contributed by atoms with Crippen LogP contribution in [0, 0.1) is 0 Å². The lowest BCUT2D eigenvalue weighted by molar-refractivity contribution is 0.0745. The number of phenolic OH excluding ortho intramolecular Hbond substituents is 2. The average molecular weight is 456 g/mol.